The van der Waals surface area contributed by atoms with Crippen LogP contribution in [0.1, 0.15) is 64.2 Å². The van der Waals surface area contributed by atoms with Crippen LogP contribution in [-0.4, -0.2) is 38.8 Å². The number of hydrogen-bond donors (Lipinski definition) is 2. The van der Waals surface area contributed by atoms with Crippen molar-refractivity contribution in [1.82, 2.24) is 25.4 Å². The summed E-state index contributed by atoms with van der Waals surface area (Å²) >= 11 is 0. The highest BCUT2D eigenvalue weighted by Gasteiger charge is 2.33. The average molecular weight is 319 g/mol. The van der Waals surface area contributed by atoms with Crippen molar-refractivity contribution in [3.8, 4) is 0 Å². The molecule has 2 fully saturated rings. The van der Waals surface area contributed by atoms with Crippen LogP contribution in [0.25, 0.3) is 0 Å². The maximum atomic E-state index is 12.1. The second kappa shape index (κ2) is 8.43. The van der Waals surface area contributed by atoms with Crippen molar-refractivity contribution in [2.24, 2.45) is 0 Å². The lowest BCUT2D eigenvalue weighted by molar-refractivity contribution is -0.122. The monoisotopic (exact) mass is 319 g/mol. The predicted molar refractivity (Wildman–Crippen MR) is 88.8 cm³/mol. The van der Waals surface area contributed by atoms with E-state index < -0.39 is 0 Å². The molecule has 128 valence electrons. The molecule has 1 aromatic heterocycles. The van der Waals surface area contributed by atoms with Gasteiger partial charge >= 0.3 is 0 Å². The molecule has 0 saturated heterocycles. The molecule has 1 aromatic rings. The number of nitrogens with one attached hydrogen (secondary N) is 2. The van der Waals surface area contributed by atoms with Crippen LogP contribution in [-0.2, 0) is 11.3 Å². The van der Waals surface area contributed by atoms with E-state index in [2.05, 4.69) is 20.7 Å². The number of carbonyl (C=O) groups is 1. The number of aromatic nitrogens is 3. The van der Waals surface area contributed by atoms with Gasteiger partial charge in [0.15, 0.2) is 0 Å². The molecule has 0 aromatic carbocycles. The highest BCUT2D eigenvalue weighted by molar-refractivity contribution is 5.76. The minimum Gasteiger partial charge on any atom is -0.352 e. The topological polar surface area (TPSA) is 71.8 Å². The van der Waals surface area contributed by atoms with E-state index in [9.17, 15) is 4.79 Å². The van der Waals surface area contributed by atoms with Crippen LogP contribution in [0.3, 0.4) is 0 Å². The standard InChI is InChI=1S/C17H29N5O/c23-17(8-5-11-22-13-18-12-19-22)21-16-10-9-15(16)20-14-6-3-1-2-4-7-14/h12-16,20H,1-11H2,(H,21,23)/t15-,16+/m0/s1. The number of hydrogen-bond acceptors (Lipinski definition) is 4. The molecule has 0 unspecified atom stereocenters. The first-order chi connectivity index (χ1) is 11.3. The Labute approximate surface area is 138 Å². The highest BCUT2D eigenvalue weighted by atomic mass is 16.1. The van der Waals surface area contributed by atoms with Gasteiger partial charge in [-0.3, -0.25) is 9.48 Å². The van der Waals surface area contributed by atoms with E-state index in [1.54, 1.807) is 11.0 Å². The maximum absolute atomic E-state index is 12.1. The molecule has 23 heavy (non-hydrogen) atoms. The molecular formula is C17H29N5O. The van der Waals surface area contributed by atoms with Gasteiger partial charge in [-0.25, -0.2) is 4.98 Å². The van der Waals surface area contributed by atoms with Crippen molar-refractivity contribution in [2.75, 3.05) is 0 Å². The molecule has 2 N–H and O–H groups in total. The van der Waals surface area contributed by atoms with Crippen molar-refractivity contribution < 1.29 is 4.79 Å². The lowest BCUT2D eigenvalue weighted by Crippen LogP contribution is -2.58. The normalized spacial score (nSPS) is 25.6. The first kappa shape index (κ1) is 16.4. The molecule has 0 radical (unpaired) electrons. The Morgan fingerprint density at radius 3 is 2.52 bits per heavy atom. The average Bonchev–Trinajstić information content (AvgIpc) is 2.91. The van der Waals surface area contributed by atoms with Crippen molar-refractivity contribution >= 4 is 5.91 Å². The molecule has 3 rings (SSSR count). The molecular weight excluding hydrogens is 290 g/mol. The van der Waals surface area contributed by atoms with Gasteiger partial charge in [-0.1, -0.05) is 25.7 Å². The number of carbonyl (C=O) groups excluding carboxylic acids is 1. The maximum Gasteiger partial charge on any atom is 0.220 e. The van der Waals surface area contributed by atoms with Crippen LogP contribution in [0, 0.1) is 0 Å². The summed E-state index contributed by atoms with van der Waals surface area (Å²) in [5.74, 6) is 0.169. The van der Waals surface area contributed by atoms with Gasteiger partial charge < -0.3 is 10.6 Å². The van der Waals surface area contributed by atoms with E-state index in [1.165, 1.54) is 51.3 Å². The summed E-state index contributed by atoms with van der Waals surface area (Å²) in [5.41, 5.74) is 0. The summed E-state index contributed by atoms with van der Waals surface area (Å²) < 4.78 is 1.77. The number of amides is 1. The molecule has 1 heterocycles. The largest absolute Gasteiger partial charge is 0.352 e. The van der Waals surface area contributed by atoms with Crippen LogP contribution < -0.4 is 10.6 Å². The first-order valence-electron chi connectivity index (χ1n) is 9.19. The minimum absolute atomic E-state index is 0.169. The summed E-state index contributed by atoms with van der Waals surface area (Å²) in [6.07, 6.45) is 15.0. The molecule has 0 bridgehead atoms. The Morgan fingerprint density at radius 2 is 1.87 bits per heavy atom. The molecule has 2 aliphatic carbocycles. The summed E-state index contributed by atoms with van der Waals surface area (Å²) in [6.45, 7) is 0.752. The van der Waals surface area contributed by atoms with Crippen LogP contribution >= 0.6 is 0 Å². The van der Waals surface area contributed by atoms with E-state index in [1.807, 2.05) is 0 Å². The summed E-state index contributed by atoms with van der Waals surface area (Å²) in [4.78, 5) is 16.0. The fourth-order valence-electron chi connectivity index (χ4n) is 3.65. The molecule has 6 heteroatoms. The molecule has 6 nitrogen and oxygen atoms in total. The van der Waals surface area contributed by atoms with Gasteiger partial charge in [0, 0.05) is 31.1 Å². The van der Waals surface area contributed by atoms with Crippen LogP contribution in [0.5, 0.6) is 0 Å². The Bertz CT molecular complexity index is 467. The second-order valence-corrected chi connectivity index (χ2v) is 6.98. The van der Waals surface area contributed by atoms with E-state index >= 15 is 0 Å². The number of aryl methyl sites for hydroxylation is 1. The van der Waals surface area contributed by atoms with Gasteiger partial charge in [-0.05, 0) is 32.1 Å². The fraction of sp³-hybridized carbons (Fsp3) is 0.824. The van der Waals surface area contributed by atoms with Gasteiger partial charge in [0.05, 0.1) is 0 Å². The zero-order valence-electron chi connectivity index (χ0n) is 13.9. The highest BCUT2D eigenvalue weighted by Crippen LogP contribution is 2.24. The van der Waals surface area contributed by atoms with Crippen molar-refractivity contribution in [3.05, 3.63) is 12.7 Å². The van der Waals surface area contributed by atoms with Crippen molar-refractivity contribution in [1.29, 1.82) is 0 Å². The van der Waals surface area contributed by atoms with E-state index in [-0.39, 0.29) is 5.91 Å². The smallest absolute Gasteiger partial charge is 0.220 e. The third-order valence-electron chi connectivity index (χ3n) is 5.18. The van der Waals surface area contributed by atoms with E-state index in [0.29, 0.717) is 24.5 Å². The van der Waals surface area contributed by atoms with Crippen LogP contribution in [0.4, 0.5) is 0 Å². The predicted octanol–water partition coefficient (Wildman–Crippen LogP) is 2.02. The lowest BCUT2D eigenvalue weighted by atomic mass is 9.85. The molecule has 0 spiro atoms. The summed E-state index contributed by atoms with van der Waals surface area (Å²) in [5, 5.41) is 11.0. The molecule has 2 saturated carbocycles. The number of nitrogens with zero attached hydrogens (tertiary/aromatic N) is 3. The zero-order valence-corrected chi connectivity index (χ0v) is 13.9. The Balaban J connectivity index is 1.33. The minimum atomic E-state index is 0.169. The van der Waals surface area contributed by atoms with E-state index in [0.717, 1.165) is 19.4 Å². The van der Waals surface area contributed by atoms with Gasteiger partial charge in [0.2, 0.25) is 5.91 Å². The summed E-state index contributed by atoms with van der Waals surface area (Å²) in [7, 11) is 0. The first-order valence-corrected chi connectivity index (χ1v) is 9.19. The molecule has 0 aliphatic heterocycles. The third-order valence-corrected chi connectivity index (χ3v) is 5.18. The Hall–Kier alpha value is -1.43. The quantitative estimate of drug-likeness (QED) is 0.754. The Kier molecular flexibility index (Phi) is 6.02. The summed E-state index contributed by atoms with van der Waals surface area (Å²) in [6, 6.07) is 1.48. The SMILES string of the molecule is O=C(CCCn1cncn1)N[C@@H]1CC[C@@H]1NC1CCCCCC1. The fourth-order valence-corrected chi connectivity index (χ4v) is 3.65. The zero-order chi connectivity index (χ0) is 15.9. The van der Waals surface area contributed by atoms with Crippen LogP contribution in [0.2, 0.25) is 0 Å². The number of rotatable bonds is 7. The van der Waals surface area contributed by atoms with Crippen molar-refractivity contribution in [3.63, 3.8) is 0 Å². The molecule has 1 amide bonds. The van der Waals surface area contributed by atoms with Gasteiger partial charge in [-0.15, -0.1) is 0 Å². The Morgan fingerprint density at radius 1 is 1.09 bits per heavy atom. The van der Waals surface area contributed by atoms with Gasteiger partial charge in [0.1, 0.15) is 12.7 Å². The van der Waals surface area contributed by atoms with Crippen molar-refractivity contribution in [2.45, 2.75) is 88.9 Å². The van der Waals surface area contributed by atoms with Crippen LogP contribution in [0.15, 0.2) is 12.7 Å². The second-order valence-electron chi connectivity index (χ2n) is 6.98. The molecule has 2 atom stereocenters. The third kappa shape index (κ3) is 5.03. The molecule has 2 aliphatic rings. The van der Waals surface area contributed by atoms with Gasteiger partial charge in [-0.2, -0.15) is 5.10 Å². The lowest BCUT2D eigenvalue weighted by Gasteiger charge is -2.40. The van der Waals surface area contributed by atoms with E-state index in [4.69, 9.17) is 0 Å². The van der Waals surface area contributed by atoms with Gasteiger partial charge in [0.25, 0.3) is 0 Å².